The van der Waals surface area contributed by atoms with Gasteiger partial charge in [0.2, 0.25) is 0 Å². The second-order valence-corrected chi connectivity index (χ2v) is 5.18. The van der Waals surface area contributed by atoms with Gasteiger partial charge in [-0.1, -0.05) is 6.08 Å². The van der Waals surface area contributed by atoms with Crippen molar-refractivity contribution in [3.05, 3.63) is 46.5 Å². The number of nitro groups is 1. The van der Waals surface area contributed by atoms with E-state index in [0.29, 0.717) is 6.61 Å². The van der Waals surface area contributed by atoms with Crippen molar-refractivity contribution in [3.63, 3.8) is 0 Å². The Morgan fingerprint density at radius 2 is 2.17 bits per heavy atom. The summed E-state index contributed by atoms with van der Waals surface area (Å²) < 4.78 is 16.0. The van der Waals surface area contributed by atoms with Crippen LogP contribution in [-0.2, 0) is 9.47 Å². The molecule has 0 heterocycles. The zero-order valence-electron chi connectivity index (χ0n) is 12.9. The Kier molecular flexibility index (Phi) is 5.70. The summed E-state index contributed by atoms with van der Waals surface area (Å²) in [5.41, 5.74) is -0.153. The number of esters is 1. The molecule has 1 fully saturated rings. The Labute approximate surface area is 134 Å². The Morgan fingerprint density at radius 1 is 1.43 bits per heavy atom. The predicted molar refractivity (Wildman–Crippen MR) is 82.6 cm³/mol. The zero-order valence-corrected chi connectivity index (χ0v) is 12.9. The van der Waals surface area contributed by atoms with Gasteiger partial charge in [-0.05, 0) is 31.4 Å². The summed E-state index contributed by atoms with van der Waals surface area (Å²) in [4.78, 5) is 22.2. The quantitative estimate of drug-likeness (QED) is 0.332. The topological polar surface area (TPSA) is 87.9 Å². The molecule has 0 bridgehead atoms. The van der Waals surface area contributed by atoms with Crippen LogP contribution in [-0.4, -0.2) is 36.8 Å². The molecule has 124 valence electrons. The lowest BCUT2D eigenvalue weighted by Gasteiger charge is -2.21. The number of nitrogens with zero attached hydrogens (tertiary/aromatic N) is 1. The molecule has 7 heteroatoms. The van der Waals surface area contributed by atoms with Crippen LogP contribution in [0.25, 0.3) is 0 Å². The molecule has 0 spiro atoms. The zero-order chi connectivity index (χ0) is 16.8. The maximum Gasteiger partial charge on any atom is 0.338 e. The van der Waals surface area contributed by atoms with Gasteiger partial charge in [0.1, 0.15) is 6.10 Å². The van der Waals surface area contributed by atoms with Crippen LogP contribution in [0.15, 0.2) is 30.9 Å². The minimum Gasteiger partial charge on any atom is -0.481 e. The number of hydrogen-bond acceptors (Lipinski definition) is 6. The van der Waals surface area contributed by atoms with Crippen molar-refractivity contribution >= 4 is 11.7 Å². The Hall–Kier alpha value is -2.41. The molecular weight excluding hydrogens is 302 g/mol. The van der Waals surface area contributed by atoms with Crippen LogP contribution in [0, 0.1) is 10.1 Å². The van der Waals surface area contributed by atoms with Gasteiger partial charge in [0, 0.05) is 6.07 Å². The number of hydrogen-bond donors (Lipinski definition) is 0. The summed E-state index contributed by atoms with van der Waals surface area (Å²) in [7, 11) is 1.22. The first-order chi connectivity index (χ1) is 11.1. The second-order valence-electron chi connectivity index (χ2n) is 5.18. The van der Waals surface area contributed by atoms with Gasteiger partial charge >= 0.3 is 11.7 Å². The van der Waals surface area contributed by atoms with E-state index in [-0.39, 0.29) is 29.2 Å². The Balaban J connectivity index is 2.20. The van der Waals surface area contributed by atoms with Crippen LogP contribution < -0.4 is 4.74 Å². The average molecular weight is 321 g/mol. The molecule has 1 saturated carbocycles. The molecule has 1 aliphatic rings. The smallest absolute Gasteiger partial charge is 0.338 e. The van der Waals surface area contributed by atoms with E-state index in [1.807, 2.05) is 0 Å². The first kappa shape index (κ1) is 17.0. The Bertz CT molecular complexity index is 600. The summed E-state index contributed by atoms with van der Waals surface area (Å²) in [6.07, 6.45) is 3.82. The molecule has 0 amide bonds. The van der Waals surface area contributed by atoms with Gasteiger partial charge in [-0.15, -0.1) is 6.58 Å². The maximum absolute atomic E-state index is 11.5. The van der Waals surface area contributed by atoms with Crippen LogP contribution in [0.2, 0.25) is 0 Å². The molecule has 0 unspecified atom stereocenters. The van der Waals surface area contributed by atoms with Gasteiger partial charge in [0.05, 0.1) is 30.3 Å². The highest BCUT2D eigenvalue weighted by Crippen LogP contribution is 2.33. The van der Waals surface area contributed by atoms with Crippen LogP contribution in [0.1, 0.15) is 29.6 Å². The number of ether oxygens (including phenoxy) is 3. The molecule has 0 saturated heterocycles. The summed E-state index contributed by atoms with van der Waals surface area (Å²) in [6, 6.07) is 4.03. The third-order valence-corrected chi connectivity index (χ3v) is 3.68. The van der Waals surface area contributed by atoms with Crippen molar-refractivity contribution in [2.75, 3.05) is 13.7 Å². The van der Waals surface area contributed by atoms with E-state index in [1.165, 1.54) is 19.2 Å². The molecule has 1 aromatic rings. The lowest BCUT2D eigenvalue weighted by atomic mass is 10.2. The molecule has 2 atom stereocenters. The minimum absolute atomic E-state index is 0.109. The molecule has 0 aliphatic heterocycles. The molecule has 23 heavy (non-hydrogen) atoms. The largest absolute Gasteiger partial charge is 0.481 e. The highest BCUT2D eigenvalue weighted by molar-refractivity contribution is 5.90. The number of benzene rings is 1. The number of carbonyl (C=O) groups excluding carboxylic acids is 1. The van der Waals surface area contributed by atoms with Crippen LogP contribution >= 0.6 is 0 Å². The molecule has 0 N–H and O–H groups in total. The third-order valence-electron chi connectivity index (χ3n) is 3.68. The van der Waals surface area contributed by atoms with E-state index < -0.39 is 10.9 Å². The summed E-state index contributed by atoms with van der Waals surface area (Å²) in [5.74, 6) is -0.505. The average Bonchev–Trinajstić information content (AvgIpc) is 2.99. The Morgan fingerprint density at radius 3 is 2.83 bits per heavy atom. The number of methoxy groups -OCH3 is 1. The van der Waals surface area contributed by atoms with E-state index in [2.05, 4.69) is 11.3 Å². The number of nitro benzene ring substituents is 1. The van der Waals surface area contributed by atoms with Crippen molar-refractivity contribution < 1.29 is 23.9 Å². The van der Waals surface area contributed by atoms with Gasteiger partial charge in [0.25, 0.3) is 0 Å². The van der Waals surface area contributed by atoms with E-state index >= 15 is 0 Å². The first-order valence-corrected chi connectivity index (χ1v) is 7.32. The normalized spacial score (nSPS) is 20.0. The molecule has 1 aromatic carbocycles. The summed E-state index contributed by atoms with van der Waals surface area (Å²) in [6.45, 7) is 4.01. The van der Waals surface area contributed by atoms with Crippen molar-refractivity contribution in [3.8, 4) is 5.75 Å². The first-order valence-electron chi connectivity index (χ1n) is 7.32. The van der Waals surface area contributed by atoms with Gasteiger partial charge in [-0.2, -0.15) is 0 Å². The molecule has 7 nitrogen and oxygen atoms in total. The van der Waals surface area contributed by atoms with Crippen molar-refractivity contribution in [2.24, 2.45) is 0 Å². The van der Waals surface area contributed by atoms with Gasteiger partial charge in [0.15, 0.2) is 5.75 Å². The van der Waals surface area contributed by atoms with Gasteiger partial charge in [-0.3, -0.25) is 10.1 Å². The van der Waals surface area contributed by atoms with Crippen LogP contribution in [0.5, 0.6) is 5.75 Å². The van der Waals surface area contributed by atoms with Crippen molar-refractivity contribution in [1.29, 1.82) is 0 Å². The molecule has 0 radical (unpaired) electrons. The standard InChI is InChI=1S/C16H19NO6/c1-3-9-22-14-5-4-6-15(14)23-13-8-7-11(16(18)21-2)10-12(13)17(19)20/h3,7-8,10,14-15H,1,4-6,9H2,2H3/t14-,15-/m0/s1. The van der Waals surface area contributed by atoms with Crippen LogP contribution in [0.3, 0.4) is 0 Å². The van der Waals surface area contributed by atoms with E-state index in [1.54, 1.807) is 6.08 Å². The monoisotopic (exact) mass is 321 g/mol. The van der Waals surface area contributed by atoms with Gasteiger partial charge in [-0.25, -0.2) is 4.79 Å². The highest BCUT2D eigenvalue weighted by Gasteiger charge is 2.31. The highest BCUT2D eigenvalue weighted by atomic mass is 16.6. The summed E-state index contributed by atoms with van der Waals surface area (Å²) in [5, 5.41) is 11.2. The fraction of sp³-hybridized carbons (Fsp3) is 0.438. The predicted octanol–water partition coefficient (Wildman–Crippen LogP) is 2.88. The van der Waals surface area contributed by atoms with Crippen LogP contribution in [0.4, 0.5) is 5.69 Å². The number of carbonyl (C=O) groups is 1. The lowest BCUT2D eigenvalue weighted by molar-refractivity contribution is -0.386. The fourth-order valence-corrected chi connectivity index (χ4v) is 2.58. The van der Waals surface area contributed by atoms with E-state index in [4.69, 9.17) is 9.47 Å². The van der Waals surface area contributed by atoms with E-state index in [9.17, 15) is 14.9 Å². The SMILES string of the molecule is C=CCO[C@H]1CCC[C@@H]1Oc1ccc(C(=O)OC)cc1[N+](=O)[O-]. The molecular formula is C16H19NO6. The fourth-order valence-electron chi connectivity index (χ4n) is 2.58. The maximum atomic E-state index is 11.5. The second kappa shape index (κ2) is 7.73. The van der Waals surface area contributed by atoms with Crippen molar-refractivity contribution in [1.82, 2.24) is 0 Å². The third kappa shape index (κ3) is 4.07. The summed E-state index contributed by atoms with van der Waals surface area (Å²) >= 11 is 0. The van der Waals surface area contributed by atoms with E-state index in [0.717, 1.165) is 25.3 Å². The van der Waals surface area contributed by atoms with Crippen molar-refractivity contribution in [2.45, 2.75) is 31.5 Å². The lowest BCUT2D eigenvalue weighted by Crippen LogP contribution is -2.29. The minimum atomic E-state index is -0.632. The number of rotatable bonds is 7. The van der Waals surface area contributed by atoms with Gasteiger partial charge < -0.3 is 14.2 Å². The molecule has 0 aromatic heterocycles. The molecule has 1 aliphatic carbocycles. The molecule has 2 rings (SSSR count).